The number of hydrogen-bond acceptors (Lipinski definition) is 2. The Hall–Kier alpha value is 0.200. The molecule has 0 fully saturated rings. The van der Waals surface area contributed by atoms with Gasteiger partial charge in [-0.3, -0.25) is 9.13 Å². The van der Waals surface area contributed by atoms with Gasteiger partial charge in [0.25, 0.3) is 0 Å². The van der Waals surface area contributed by atoms with Crippen molar-refractivity contribution in [2.75, 3.05) is 0 Å². The lowest BCUT2D eigenvalue weighted by molar-refractivity contribution is 0.589. The van der Waals surface area contributed by atoms with E-state index in [0.717, 1.165) is 0 Å². The third-order valence-electron chi connectivity index (χ3n) is 0.305. The van der Waals surface area contributed by atoms with E-state index in [2.05, 4.69) is 0 Å². The number of rotatable bonds is 2. The second-order valence-corrected chi connectivity index (χ2v) is 3.22. The molecule has 0 radical (unpaired) electrons. The van der Waals surface area contributed by atoms with Crippen LogP contribution in [0.1, 0.15) is 6.92 Å². The molecule has 0 unspecified atom stereocenters. The first-order valence-electron chi connectivity index (χ1n) is 1.46. The Bertz CT molecular complexity index is 54.6. The van der Waals surface area contributed by atoms with E-state index < -0.39 is 0 Å². The van der Waals surface area contributed by atoms with Crippen molar-refractivity contribution < 1.29 is 9.13 Å². The smallest absolute Gasteiger partial charge is 0.170 e. The van der Waals surface area contributed by atoms with Crippen LogP contribution in [0.4, 0.5) is 0 Å². The van der Waals surface area contributed by atoms with Gasteiger partial charge in [0.2, 0.25) is 0 Å². The third-order valence-corrected chi connectivity index (χ3v) is 1.48. The fraction of sp³-hybridized carbons (Fsp3) is 1.00. The van der Waals surface area contributed by atoms with Gasteiger partial charge in [-0.25, -0.2) is 0 Å². The van der Waals surface area contributed by atoms with E-state index in [4.69, 9.17) is 0 Å². The largest absolute Gasteiger partial charge is 0.274 e. The highest BCUT2D eigenvalue weighted by molar-refractivity contribution is 7.44. The summed E-state index contributed by atoms with van der Waals surface area (Å²) >= 11 is 0. The Kier molecular flexibility index (Phi) is 3.51. The molecule has 0 atom stereocenters. The summed E-state index contributed by atoms with van der Waals surface area (Å²) in [7, 11) is -0.0934. The fourth-order valence-corrected chi connectivity index (χ4v) is 0.173. The highest BCUT2D eigenvalue weighted by atomic mass is 31.1. The Morgan fingerprint density at radius 2 is 1.67 bits per heavy atom. The van der Waals surface area contributed by atoms with Crippen LogP contribution in [0.3, 0.4) is 0 Å². The first-order chi connectivity index (χ1) is 2.81. The molecule has 0 saturated heterocycles. The molecule has 0 aromatic rings. The van der Waals surface area contributed by atoms with E-state index in [-0.39, 0.29) is 22.3 Å². The fourth-order valence-electron chi connectivity index (χ4n) is 0.0192. The van der Waals surface area contributed by atoms with E-state index in [9.17, 15) is 9.13 Å². The molecular weight excluding hydrogens is 118 g/mol. The average Bonchev–Trinajstić information content (AvgIpc) is 1.65. The van der Waals surface area contributed by atoms with Crippen molar-refractivity contribution in [3.63, 3.8) is 0 Å². The first-order valence-corrected chi connectivity index (χ1v) is 3.22. The Labute approximate surface area is 39.3 Å². The molecule has 0 heterocycles. The van der Waals surface area contributed by atoms with E-state index in [0.29, 0.717) is 0 Å². The van der Waals surface area contributed by atoms with Gasteiger partial charge in [-0.15, -0.1) is 0 Å². The Balaban J connectivity index is 3.21. The van der Waals surface area contributed by atoms with Gasteiger partial charge in [-0.2, -0.15) is 0 Å². The summed E-state index contributed by atoms with van der Waals surface area (Å²) in [5.74, 6) is 0. The van der Waals surface area contributed by atoms with Crippen LogP contribution in [-0.4, -0.2) is 5.40 Å². The van der Waals surface area contributed by atoms with Crippen molar-refractivity contribution >= 4 is 16.9 Å². The maximum Gasteiger partial charge on any atom is 0.170 e. The molecular formula is C2H4O2P2. The molecule has 0 aromatic heterocycles. The van der Waals surface area contributed by atoms with Crippen molar-refractivity contribution in [3.8, 4) is 0 Å². The quantitative estimate of drug-likeness (QED) is 0.524. The summed E-state index contributed by atoms with van der Waals surface area (Å²) in [6, 6.07) is 0. The van der Waals surface area contributed by atoms with Crippen molar-refractivity contribution in [2.24, 2.45) is 0 Å². The van der Waals surface area contributed by atoms with Gasteiger partial charge in [0.05, 0.1) is 0 Å². The monoisotopic (exact) mass is 122 g/mol. The van der Waals surface area contributed by atoms with Gasteiger partial charge in [-0.05, 0) is 6.92 Å². The molecule has 2 nitrogen and oxygen atoms in total. The topological polar surface area (TPSA) is 34.1 Å². The molecule has 0 amide bonds. The minimum atomic E-state index is -0.231. The molecule has 0 aliphatic rings. The third kappa shape index (κ3) is 2.44. The lowest BCUT2D eigenvalue weighted by atomic mass is 11.0. The lowest BCUT2D eigenvalue weighted by Gasteiger charge is -1.74. The minimum absolute atomic E-state index is 0.0467. The second kappa shape index (κ2) is 3.39. The van der Waals surface area contributed by atoms with Crippen LogP contribution in [0.2, 0.25) is 0 Å². The van der Waals surface area contributed by atoms with Crippen molar-refractivity contribution in [1.29, 1.82) is 0 Å². The van der Waals surface area contributed by atoms with Crippen LogP contribution in [0.25, 0.3) is 0 Å². The molecule has 0 rings (SSSR count). The van der Waals surface area contributed by atoms with Gasteiger partial charge in [0.15, 0.2) is 16.9 Å². The molecule has 0 aliphatic carbocycles. The highest BCUT2D eigenvalue weighted by Crippen LogP contribution is 2.16. The summed E-state index contributed by atoms with van der Waals surface area (Å²) in [5.41, 5.74) is 0. The molecule has 6 heavy (non-hydrogen) atoms. The lowest BCUT2D eigenvalue weighted by Crippen LogP contribution is -1.66. The minimum Gasteiger partial charge on any atom is -0.274 e. The summed E-state index contributed by atoms with van der Waals surface area (Å²) in [4.78, 5) is 0. The maximum absolute atomic E-state index is 9.63. The van der Waals surface area contributed by atoms with Crippen LogP contribution in [0.15, 0.2) is 0 Å². The molecule has 4 heteroatoms. The molecule has 0 saturated carbocycles. The Morgan fingerprint density at radius 3 is 1.67 bits per heavy atom. The van der Waals surface area contributed by atoms with Crippen molar-refractivity contribution in [1.82, 2.24) is 0 Å². The van der Waals surface area contributed by atoms with Gasteiger partial charge < -0.3 is 0 Å². The van der Waals surface area contributed by atoms with Gasteiger partial charge in [-0.1, -0.05) is 0 Å². The van der Waals surface area contributed by atoms with E-state index >= 15 is 0 Å². The second-order valence-electron chi connectivity index (χ2n) is 0.843. The summed E-state index contributed by atoms with van der Waals surface area (Å²) in [5, 5.41) is -0.231. The SMILES string of the molecule is CC(P=O)P=O. The van der Waals surface area contributed by atoms with E-state index in [1.54, 1.807) is 6.92 Å². The van der Waals surface area contributed by atoms with Crippen molar-refractivity contribution in [2.45, 2.75) is 12.3 Å². The van der Waals surface area contributed by atoms with Crippen LogP contribution >= 0.6 is 16.9 Å². The zero-order chi connectivity index (χ0) is 4.99. The average molecular weight is 122 g/mol. The summed E-state index contributed by atoms with van der Waals surface area (Å²) in [6.07, 6.45) is 0. The molecule has 0 N–H and O–H groups in total. The molecule has 34 valence electrons. The zero-order valence-corrected chi connectivity index (χ0v) is 5.08. The van der Waals surface area contributed by atoms with E-state index in [1.807, 2.05) is 0 Å². The van der Waals surface area contributed by atoms with E-state index in [1.165, 1.54) is 0 Å². The van der Waals surface area contributed by atoms with Crippen molar-refractivity contribution in [3.05, 3.63) is 0 Å². The standard InChI is InChI=1S/C2H4O2P2/c1-2(5-3)6-4/h2H,1H3. The molecule has 0 aromatic carbocycles. The van der Waals surface area contributed by atoms with Crippen LogP contribution in [0, 0.1) is 0 Å². The predicted molar refractivity (Wildman–Crippen MR) is 24.7 cm³/mol. The van der Waals surface area contributed by atoms with Gasteiger partial charge >= 0.3 is 0 Å². The Morgan fingerprint density at radius 1 is 1.33 bits per heavy atom. The van der Waals surface area contributed by atoms with Gasteiger partial charge in [0, 0.05) is 0 Å². The predicted octanol–water partition coefficient (Wildman–Crippen LogP) is 1.92. The van der Waals surface area contributed by atoms with Gasteiger partial charge in [0.1, 0.15) is 5.40 Å². The molecule has 0 bridgehead atoms. The normalized spacial score (nSPS) is 15.5. The van der Waals surface area contributed by atoms with Crippen LogP contribution < -0.4 is 0 Å². The molecule has 0 aliphatic heterocycles. The van der Waals surface area contributed by atoms with Crippen LogP contribution in [-0.2, 0) is 9.13 Å². The number of hydrogen-bond donors (Lipinski definition) is 0. The highest BCUT2D eigenvalue weighted by Gasteiger charge is 1.93. The first kappa shape index (κ1) is 6.20. The summed E-state index contributed by atoms with van der Waals surface area (Å²) < 4.78 is 19.3. The summed E-state index contributed by atoms with van der Waals surface area (Å²) in [6.45, 7) is 1.63. The molecule has 0 spiro atoms. The zero-order valence-electron chi connectivity index (χ0n) is 3.29. The van der Waals surface area contributed by atoms with Crippen LogP contribution in [0.5, 0.6) is 0 Å². The maximum atomic E-state index is 9.63.